The Bertz CT molecular complexity index is 565. The molecule has 2 aromatic rings. The van der Waals surface area contributed by atoms with Crippen molar-refractivity contribution in [2.75, 3.05) is 13.1 Å². The van der Waals surface area contributed by atoms with E-state index in [-0.39, 0.29) is 6.04 Å². The summed E-state index contributed by atoms with van der Waals surface area (Å²) in [6.45, 7) is 5.97. The van der Waals surface area contributed by atoms with Crippen LogP contribution in [-0.2, 0) is 0 Å². The van der Waals surface area contributed by atoms with Gasteiger partial charge in [-0.25, -0.2) is 0 Å². The lowest BCUT2D eigenvalue weighted by Gasteiger charge is -2.24. The van der Waals surface area contributed by atoms with E-state index in [0.717, 1.165) is 18.7 Å². The van der Waals surface area contributed by atoms with Gasteiger partial charge in [0.2, 0.25) is 0 Å². The minimum atomic E-state index is -0.149. The molecule has 0 amide bonds. The van der Waals surface area contributed by atoms with Gasteiger partial charge >= 0.3 is 0 Å². The van der Waals surface area contributed by atoms with Gasteiger partial charge in [-0.05, 0) is 35.5 Å². The molecule has 18 heavy (non-hydrogen) atoms. The third-order valence-electron chi connectivity index (χ3n) is 3.39. The summed E-state index contributed by atoms with van der Waals surface area (Å²) in [6, 6.07) is 16.8. The number of hydrogen-bond acceptors (Lipinski definition) is 2. The highest BCUT2D eigenvalue weighted by Gasteiger charge is 2.17. The molecule has 92 valence electrons. The van der Waals surface area contributed by atoms with E-state index < -0.39 is 0 Å². The van der Waals surface area contributed by atoms with Crippen LogP contribution in [0.15, 0.2) is 42.5 Å². The van der Waals surface area contributed by atoms with Crippen molar-refractivity contribution in [1.82, 2.24) is 4.90 Å². The predicted molar refractivity (Wildman–Crippen MR) is 75.2 cm³/mol. The number of hydrogen-bond donors (Lipinski definition) is 0. The highest BCUT2D eigenvalue weighted by atomic mass is 15.1. The van der Waals surface area contributed by atoms with Gasteiger partial charge in [0, 0.05) is 0 Å². The van der Waals surface area contributed by atoms with Gasteiger partial charge in [-0.1, -0.05) is 50.2 Å². The van der Waals surface area contributed by atoms with E-state index in [1.165, 1.54) is 10.8 Å². The fraction of sp³-hybridized carbons (Fsp3) is 0.312. The lowest BCUT2D eigenvalue weighted by atomic mass is 10.0. The molecule has 2 nitrogen and oxygen atoms in total. The lowest BCUT2D eigenvalue weighted by Crippen LogP contribution is -2.27. The molecule has 2 rings (SSSR count). The first-order valence-corrected chi connectivity index (χ1v) is 6.42. The number of benzene rings is 2. The monoisotopic (exact) mass is 238 g/mol. The molecule has 0 fully saturated rings. The summed E-state index contributed by atoms with van der Waals surface area (Å²) in [4.78, 5) is 2.17. The number of fused-ring (bicyclic) bond motifs is 1. The summed E-state index contributed by atoms with van der Waals surface area (Å²) in [6.07, 6.45) is 0. The van der Waals surface area contributed by atoms with E-state index in [2.05, 4.69) is 55.1 Å². The van der Waals surface area contributed by atoms with Gasteiger partial charge < -0.3 is 0 Å². The quantitative estimate of drug-likeness (QED) is 0.811. The zero-order chi connectivity index (χ0) is 13.0. The van der Waals surface area contributed by atoms with E-state index in [0.29, 0.717) is 0 Å². The van der Waals surface area contributed by atoms with Gasteiger partial charge in [0.05, 0.1) is 6.07 Å². The fourth-order valence-electron chi connectivity index (χ4n) is 2.33. The number of nitriles is 1. The third-order valence-corrected chi connectivity index (χ3v) is 3.39. The molecule has 0 aliphatic rings. The molecule has 0 N–H and O–H groups in total. The Morgan fingerprint density at radius 3 is 2.33 bits per heavy atom. The summed E-state index contributed by atoms with van der Waals surface area (Å²) >= 11 is 0. The zero-order valence-electron chi connectivity index (χ0n) is 10.9. The maximum Gasteiger partial charge on any atom is 0.123 e. The van der Waals surface area contributed by atoms with Crippen LogP contribution in [0, 0.1) is 11.3 Å². The standard InChI is InChI=1S/C16H18N2/c1-3-18(4-2)16(12-17)15-10-9-13-7-5-6-8-14(13)11-15/h5-11,16H,3-4H2,1-2H3. The Kier molecular flexibility index (Phi) is 3.96. The molecule has 2 aromatic carbocycles. The van der Waals surface area contributed by atoms with Crippen LogP contribution in [0.1, 0.15) is 25.5 Å². The summed E-state index contributed by atoms with van der Waals surface area (Å²) in [7, 11) is 0. The molecule has 2 heteroatoms. The smallest absolute Gasteiger partial charge is 0.123 e. The summed E-state index contributed by atoms with van der Waals surface area (Å²) in [5.74, 6) is 0. The van der Waals surface area contributed by atoms with Gasteiger partial charge in [0.25, 0.3) is 0 Å². The Balaban J connectivity index is 2.43. The molecular formula is C16H18N2. The number of rotatable bonds is 4. The van der Waals surface area contributed by atoms with Crippen LogP contribution in [0.5, 0.6) is 0 Å². The van der Waals surface area contributed by atoms with Gasteiger partial charge in [-0.3, -0.25) is 4.90 Å². The maximum absolute atomic E-state index is 9.39. The van der Waals surface area contributed by atoms with E-state index >= 15 is 0 Å². The van der Waals surface area contributed by atoms with Crippen LogP contribution in [0.2, 0.25) is 0 Å². The van der Waals surface area contributed by atoms with Crippen LogP contribution in [0.3, 0.4) is 0 Å². The highest BCUT2D eigenvalue weighted by Crippen LogP contribution is 2.24. The zero-order valence-corrected chi connectivity index (χ0v) is 10.9. The second kappa shape index (κ2) is 5.66. The van der Waals surface area contributed by atoms with Crippen LogP contribution in [-0.4, -0.2) is 18.0 Å². The van der Waals surface area contributed by atoms with Crippen molar-refractivity contribution in [1.29, 1.82) is 5.26 Å². The first-order chi connectivity index (χ1) is 8.80. The topological polar surface area (TPSA) is 27.0 Å². The minimum Gasteiger partial charge on any atom is -0.285 e. The second-order valence-electron chi connectivity index (χ2n) is 4.36. The molecule has 0 saturated heterocycles. The van der Waals surface area contributed by atoms with Crippen molar-refractivity contribution >= 4 is 10.8 Å². The largest absolute Gasteiger partial charge is 0.285 e. The molecular weight excluding hydrogens is 220 g/mol. The van der Waals surface area contributed by atoms with Crippen LogP contribution in [0.25, 0.3) is 10.8 Å². The molecule has 0 saturated carbocycles. The Labute approximate surface area is 108 Å². The molecule has 0 heterocycles. The Morgan fingerprint density at radius 2 is 1.72 bits per heavy atom. The summed E-state index contributed by atoms with van der Waals surface area (Å²) in [5, 5.41) is 11.8. The molecule has 0 spiro atoms. The van der Waals surface area contributed by atoms with Crippen molar-refractivity contribution in [2.24, 2.45) is 0 Å². The molecule has 0 bridgehead atoms. The second-order valence-corrected chi connectivity index (χ2v) is 4.36. The third kappa shape index (κ3) is 2.37. The average Bonchev–Trinajstić information content (AvgIpc) is 2.44. The van der Waals surface area contributed by atoms with Crippen molar-refractivity contribution < 1.29 is 0 Å². The van der Waals surface area contributed by atoms with Crippen molar-refractivity contribution in [2.45, 2.75) is 19.9 Å². The Hall–Kier alpha value is -1.85. The van der Waals surface area contributed by atoms with Gasteiger partial charge in [-0.2, -0.15) is 5.26 Å². The van der Waals surface area contributed by atoms with Gasteiger partial charge in [0.15, 0.2) is 0 Å². The Morgan fingerprint density at radius 1 is 1.06 bits per heavy atom. The molecule has 0 radical (unpaired) electrons. The normalized spacial score (nSPS) is 12.6. The first kappa shape index (κ1) is 12.6. The van der Waals surface area contributed by atoms with Gasteiger partial charge in [0.1, 0.15) is 6.04 Å². The molecule has 0 aliphatic carbocycles. The summed E-state index contributed by atoms with van der Waals surface area (Å²) in [5.41, 5.74) is 1.08. The van der Waals surface area contributed by atoms with E-state index in [9.17, 15) is 5.26 Å². The van der Waals surface area contributed by atoms with Crippen LogP contribution in [0.4, 0.5) is 0 Å². The van der Waals surface area contributed by atoms with Crippen molar-refractivity contribution in [3.63, 3.8) is 0 Å². The highest BCUT2D eigenvalue weighted by molar-refractivity contribution is 5.83. The molecule has 0 aliphatic heterocycles. The van der Waals surface area contributed by atoms with Crippen molar-refractivity contribution in [3.05, 3.63) is 48.0 Å². The molecule has 1 atom stereocenters. The van der Waals surface area contributed by atoms with Crippen LogP contribution >= 0.6 is 0 Å². The van der Waals surface area contributed by atoms with E-state index in [1.807, 2.05) is 12.1 Å². The fourth-order valence-corrected chi connectivity index (χ4v) is 2.33. The van der Waals surface area contributed by atoms with E-state index in [4.69, 9.17) is 0 Å². The van der Waals surface area contributed by atoms with E-state index in [1.54, 1.807) is 0 Å². The summed E-state index contributed by atoms with van der Waals surface area (Å²) < 4.78 is 0. The maximum atomic E-state index is 9.39. The lowest BCUT2D eigenvalue weighted by molar-refractivity contribution is 0.262. The SMILES string of the molecule is CCN(CC)C(C#N)c1ccc2ccccc2c1. The first-order valence-electron chi connectivity index (χ1n) is 6.42. The minimum absolute atomic E-state index is 0.149. The van der Waals surface area contributed by atoms with Gasteiger partial charge in [-0.15, -0.1) is 0 Å². The predicted octanol–water partition coefficient (Wildman–Crippen LogP) is 3.75. The molecule has 0 aromatic heterocycles. The van der Waals surface area contributed by atoms with Crippen LogP contribution < -0.4 is 0 Å². The number of nitrogens with zero attached hydrogens (tertiary/aromatic N) is 2. The average molecular weight is 238 g/mol. The van der Waals surface area contributed by atoms with Crippen molar-refractivity contribution in [3.8, 4) is 6.07 Å². The molecule has 1 unspecified atom stereocenters.